The lowest BCUT2D eigenvalue weighted by molar-refractivity contribution is 1.07. The topological polar surface area (TPSA) is 74.2 Å². The molecule has 0 saturated carbocycles. The minimum atomic E-state index is 0.414. The maximum absolute atomic E-state index is 3.77. The molecule has 24 heavy (non-hydrogen) atoms. The van der Waals surface area contributed by atoms with E-state index in [2.05, 4.69) is 66.9 Å². The van der Waals surface area contributed by atoms with Gasteiger partial charge >= 0.3 is 0 Å². The van der Waals surface area contributed by atoms with Crippen LogP contribution in [0.1, 0.15) is 11.1 Å². The van der Waals surface area contributed by atoms with Gasteiger partial charge in [-0.25, -0.2) is 9.98 Å². The molecule has 4 rings (SSSR count). The molecule has 0 aliphatic carbocycles. The van der Waals surface area contributed by atoms with E-state index in [-0.39, 0.29) is 0 Å². The summed E-state index contributed by atoms with van der Waals surface area (Å²) in [4.78, 5) is 7.54. The Morgan fingerprint density at radius 2 is 0.958 bits per heavy atom. The number of nitrogens with zero attached hydrogens (tertiary/aromatic N) is 6. The van der Waals surface area contributed by atoms with Crippen molar-refractivity contribution in [1.82, 2.24) is 0 Å². The molecular formula is C18H14N6. The second-order valence-corrected chi connectivity index (χ2v) is 4.72. The van der Waals surface area contributed by atoms with Crippen molar-refractivity contribution in [2.75, 3.05) is 0 Å². The highest BCUT2D eigenvalue weighted by atomic mass is 15.3. The molecule has 0 fully saturated rings. The third-order valence-electron chi connectivity index (χ3n) is 3.04. The van der Waals surface area contributed by atoms with E-state index in [0.29, 0.717) is 11.6 Å². The maximum atomic E-state index is 3.77. The molecule has 0 saturated heterocycles. The molecule has 6 heteroatoms. The third-order valence-corrected chi connectivity index (χ3v) is 3.04. The Hall–Kier alpha value is -3.54. The van der Waals surface area contributed by atoms with Gasteiger partial charge in [0.2, 0.25) is 11.6 Å². The van der Waals surface area contributed by atoms with Crippen LogP contribution in [0.25, 0.3) is 12.2 Å². The summed E-state index contributed by atoms with van der Waals surface area (Å²) in [6.07, 6.45) is 6.92. The average molecular weight is 314 g/mol. The van der Waals surface area contributed by atoms with Crippen LogP contribution in [0.5, 0.6) is 0 Å². The highest BCUT2D eigenvalue weighted by molar-refractivity contribution is 5.69. The molecule has 2 aliphatic rings. The van der Waals surface area contributed by atoms with Crippen LogP contribution in [0.3, 0.4) is 0 Å². The Kier molecular flexibility index (Phi) is 5.24. The average Bonchev–Trinajstić information content (AvgIpc) is 3.35. The monoisotopic (exact) mass is 314 g/mol. The summed E-state index contributed by atoms with van der Waals surface area (Å²) in [5.41, 5.74) is 2.47. The molecule has 2 aromatic rings. The lowest BCUT2D eigenvalue weighted by Crippen LogP contribution is -1.72. The van der Waals surface area contributed by atoms with Crippen LogP contribution >= 0.6 is 0 Å². The van der Waals surface area contributed by atoms with Crippen molar-refractivity contribution in [3.05, 3.63) is 83.4 Å². The molecule has 0 amide bonds. The van der Waals surface area contributed by atoms with Gasteiger partial charge in [-0.05, 0) is 11.1 Å². The van der Waals surface area contributed by atoms with E-state index in [0.717, 1.165) is 0 Å². The van der Waals surface area contributed by atoms with Gasteiger partial charge in [0.15, 0.2) is 0 Å². The zero-order valence-corrected chi connectivity index (χ0v) is 12.8. The quantitative estimate of drug-likeness (QED) is 0.703. The largest absolute Gasteiger partial charge is 0.223 e. The summed E-state index contributed by atoms with van der Waals surface area (Å²) >= 11 is 0. The molecule has 0 bridgehead atoms. The highest BCUT2D eigenvalue weighted by Gasteiger charge is 2.07. The third kappa shape index (κ3) is 4.48. The van der Waals surface area contributed by atoms with Gasteiger partial charge in [-0.1, -0.05) is 72.8 Å². The summed E-state index contributed by atoms with van der Waals surface area (Å²) in [5.74, 6) is 0.829. The predicted octanol–water partition coefficient (Wildman–Crippen LogP) is 4.96. The molecule has 0 aromatic heterocycles. The first-order valence-electron chi connectivity index (χ1n) is 7.31. The van der Waals surface area contributed by atoms with Crippen molar-refractivity contribution in [3.63, 3.8) is 0 Å². The molecule has 0 unspecified atom stereocenters. The minimum absolute atomic E-state index is 0.414. The Morgan fingerprint density at radius 1 is 0.542 bits per heavy atom. The molecule has 2 aromatic carbocycles. The van der Waals surface area contributed by atoms with E-state index in [1.165, 1.54) is 23.8 Å². The lowest BCUT2D eigenvalue weighted by Gasteiger charge is -1.92. The van der Waals surface area contributed by atoms with Gasteiger partial charge in [0.25, 0.3) is 0 Å². The van der Waals surface area contributed by atoms with Gasteiger partial charge < -0.3 is 0 Å². The number of aliphatic imine (C=N–C) groups is 2. The zero-order valence-electron chi connectivity index (χ0n) is 12.8. The second-order valence-electron chi connectivity index (χ2n) is 4.72. The van der Waals surface area contributed by atoms with Crippen LogP contribution in [0.2, 0.25) is 0 Å². The van der Waals surface area contributed by atoms with E-state index in [1.807, 2.05) is 36.4 Å². The first-order valence-corrected chi connectivity index (χ1v) is 7.31. The van der Waals surface area contributed by atoms with E-state index < -0.39 is 0 Å². The van der Waals surface area contributed by atoms with Gasteiger partial charge in [0.05, 0.1) is 0 Å². The second kappa shape index (κ2) is 8.19. The molecule has 0 N–H and O–H groups in total. The summed E-state index contributed by atoms with van der Waals surface area (Å²) in [6, 6.07) is 20.6. The van der Waals surface area contributed by atoms with E-state index in [4.69, 9.17) is 0 Å². The minimum Gasteiger partial charge on any atom is -0.210 e. The normalized spacial score (nSPS) is 17.5. The Morgan fingerprint density at radius 3 is 1.29 bits per heavy atom. The van der Waals surface area contributed by atoms with Crippen molar-refractivity contribution in [2.24, 2.45) is 30.4 Å². The Bertz CT molecular complexity index is 746. The molecule has 2 heterocycles. The number of azo groups is 2. The van der Waals surface area contributed by atoms with Gasteiger partial charge in [0.1, 0.15) is 12.7 Å². The van der Waals surface area contributed by atoms with Gasteiger partial charge in [0, 0.05) is 0 Å². The standard InChI is InChI=1S/C14H12.C4H2N6/c1-3-7-13(8-4-1)11-12-14-9-5-2-6-10-14;1-5-3(9-7-1)4-6-2-8-10-4/h1-12H;1-2H. The molecular weight excluding hydrogens is 300 g/mol. The summed E-state index contributed by atoms with van der Waals surface area (Å²) < 4.78 is 0. The number of benzene rings is 2. The van der Waals surface area contributed by atoms with E-state index >= 15 is 0 Å². The van der Waals surface area contributed by atoms with Crippen molar-refractivity contribution >= 4 is 24.8 Å². The fourth-order valence-corrected chi connectivity index (χ4v) is 1.90. The fourth-order valence-electron chi connectivity index (χ4n) is 1.90. The van der Waals surface area contributed by atoms with Crippen LogP contribution < -0.4 is 0 Å². The highest BCUT2D eigenvalue weighted by Crippen LogP contribution is 2.16. The summed E-state index contributed by atoms with van der Waals surface area (Å²) in [6.45, 7) is 0. The van der Waals surface area contributed by atoms with Gasteiger partial charge in [-0.15, -0.1) is 20.5 Å². The molecule has 6 nitrogen and oxygen atoms in total. The Labute approximate surface area is 139 Å². The SMILES string of the molecule is C(=Cc1ccccc1)c1ccccc1.C1=NC(=C2N=CN=N2)N=N1. The van der Waals surface area contributed by atoms with Gasteiger partial charge in [-0.3, -0.25) is 0 Å². The molecule has 0 spiro atoms. The number of rotatable bonds is 2. The predicted molar refractivity (Wildman–Crippen MR) is 95.5 cm³/mol. The summed E-state index contributed by atoms with van der Waals surface area (Å²) in [7, 11) is 0. The van der Waals surface area contributed by atoms with Crippen molar-refractivity contribution < 1.29 is 0 Å². The van der Waals surface area contributed by atoms with E-state index in [9.17, 15) is 0 Å². The number of hydrogen-bond donors (Lipinski definition) is 0. The maximum Gasteiger partial charge on any atom is 0.223 e. The van der Waals surface area contributed by atoms with Crippen LogP contribution in [-0.2, 0) is 0 Å². The zero-order chi connectivity index (χ0) is 16.5. The lowest BCUT2D eigenvalue weighted by atomic mass is 10.1. The molecule has 0 radical (unpaired) electrons. The van der Waals surface area contributed by atoms with Crippen LogP contribution in [0, 0.1) is 0 Å². The van der Waals surface area contributed by atoms with Crippen LogP contribution in [0.15, 0.2) is 103 Å². The molecule has 0 atom stereocenters. The van der Waals surface area contributed by atoms with Crippen molar-refractivity contribution in [2.45, 2.75) is 0 Å². The first kappa shape index (κ1) is 15.4. The smallest absolute Gasteiger partial charge is 0.210 e. The van der Waals surface area contributed by atoms with Crippen molar-refractivity contribution in [1.29, 1.82) is 0 Å². The Balaban J connectivity index is 0.000000149. The van der Waals surface area contributed by atoms with Gasteiger partial charge in [-0.2, -0.15) is 0 Å². The molecule has 2 aliphatic heterocycles. The van der Waals surface area contributed by atoms with E-state index in [1.54, 1.807) is 0 Å². The summed E-state index contributed by atoms with van der Waals surface area (Å²) in [5, 5.41) is 14.3. The van der Waals surface area contributed by atoms with Crippen molar-refractivity contribution in [3.8, 4) is 0 Å². The van der Waals surface area contributed by atoms with Crippen LogP contribution in [-0.4, -0.2) is 12.7 Å². The first-order chi connectivity index (χ1) is 11.9. The molecule has 116 valence electrons. The van der Waals surface area contributed by atoms with Crippen LogP contribution in [0.4, 0.5) is 0 Å². The fraction of sp³-hybridized carbons (Fsp3) is 0. The number of hydrogen-bond acceptors (Lipinski definition) is 6.